The number of nitrogen functional groups attached to an aromatic ring is 1. The number of quaternary nitrogens is 1. The molecule has 0 aliphatic carbocycles. The van der Waals surface area contributed by atoms with E-state index in [1.807, 2.05) is 27.2 Å². The van der Waals surface area contributed by atoms with Gasteiger partial charge in [-0.3, -0.25) is 4.48 Å². The first-order valence-corrected chi connectivity index (χ1v) is 3.82. The van der Waals surface area contributed by atoms with Crippen LogP contribution in [0.15, 0.2) is 18.2 Å². The first-order chi connectivity index (χ1) is 5.41. The highest BCUT2D eigenvalue weighted by atomic mass is 16.3. The van der Waals surface area contributed by atoms with Gasteiger partial charge >= 0.3 is 0 Å². The van der Waals surface area contributed by atoms with Crippen molar-refractivity contribution in [3.8, 4) is 5.75 Å². The van der Waals surface area contributed by atoms with Gasteiger partial charge in [-0.1, -0.05) is 0 Å². The Morgan fingerprint density at radius 2 is 1.83 bits per heavy atom. The molecule has 0 bridgehead atoms. The Bertz CT molecular complexity index is 289. The van der Waals surface area contributed by atoms with Crippen LogP contribution in [0, 0.1) is 0 Å². The summed E-state index contributed by atoms with van der Waals surface area (Å²) in [6.45, 7) is 0. The second kappa shape index (κ2) is 2.68. The number of benzene rings is 1. The first-order valence-electron chi connectivity index (χ1n) is 3.82. The van der Waals surface area contributed by atoms with Crippen LogP contribution in [0.1, 0.15) is 0 Å². The van der Waals surface area contributed by atoms with Crippen molar-refractivity contribution < 1.29 is 5.11 Å². The van der Waals surface area contributed by atoms with E-state index in [0.29, 0.717) is 10.2 Å². The number of phenolic OH excluding ortho intramolecular Hbond substituents is 1. The lowest BCUT2D eigenvalue weighted by molar-refractivity contribution is 0.471. The van der Waals surface area contributed by atoms with Crippen molar-refractivity contribution in [2.24, 2.45) is 0 Å². The number of phenols is 1. The topological polar surface area (TPSA) is 46.2 Å². The summed E-state index contributed by atoms with van der Waals surface area (Å²) >= 11 is 0. The molecule has 0 unspecified atom stereocenters. The number of nitrogens with two attached hydrogens (primary N) is 1. The van der Waals surface area contributed by atoms with Gasteiger partial charge in [0.1, 0.15) is 11.4 Å². The van der Waals surface area contributed by atoms with E-state index in [0.717, 1.165) is 5.69 Å². The van der Waals surface area contributed by atoms with Crippen molar-refractivity contribution in [3.05, 3.63) is 18.2 Å². The number of anilines is 1. The van der Waals surface area contributed by atoms with E-state index in [4.69, 9.17) is 5.73 Å². The number of hydrogen-bond acceptors (Lipinski definition) is 2. The summed E-state index contributed by atoms with van der Waals surface area (Å²) in [5.41, 5.74) is 7.06. The molecular weight excluding hydrogens is 152 g/mol. The van der Waals surface area contributed by atoms with Gasteiger partial charge in [0.25, 0.3) is 0 Å². The third-order valence-electron chi connectivity index (χ3n) is 1.79. The Hall–Kier alpha value is -1.22. The smallest absolute Gasteiger partial charge is 0.138 e. The fourth-order valence-corrected chi connectivity index (χ4v) is 0.959. The van der Waals surface area contributed by atoms with Crippen LogP contribution >= 0.6 is 0 Å². The van der Waals surface area contributed by atoms with Crippen LogP contribution in [0.5, 0.6) is 5.75 Å². The fourth-order valence-electron chi connectivity index (χ4n) is 0.959. The highest BCUT2D eigenvalue weighted by molar-refractivity contribution is 5.60. The molecule has 0 radical (unpaired) electrons. The lowest BCUT2D eigenvalue weighted by Gasteiger charge is -2.23. The van der Waals surface area contributed by atoms with E-state index in [1.165, 1.54) is 0 Å². The molecule has 0 saturated heterocycles. The number of hydrogen-bond donors (Lipinski definition) is 2. The zero-order valence-electron chi connectivity index (χ0n) is 7.70. The first kappa shape index (κ1) is 8.87. The molecule has 66 valence electrons. The van der Waals surface area contributed by atoms with Crippen molar-refractivity contribution in [3.63, 3.8) is 0 Å². The number of aromatic hydroxyl groups is 1. The third-order valence-corrected chi connectivity index (χ3v) is 1.79. The van der Waals surface area contributed by atoms with Gasteiger partial charge in [0.05, 0.1) is 26.8 Å². The highest BCUT2D eigenvalue weighted by Gasteiger charge is 2.12. The molecule has 1 rings (SSSR count). The maximum Gasteiger partial charge on any atom is 0.138 e. The molecule has 12 heavy (non-hydrogen) atoms. The monoisotopic (exact) mass is 167 g/mol. The molecule has 0 aliphatic heterocycles. The minimum absolute atomic E-state index is 0.146. The van der Waals surface area contributed by atoms with Crippen LogP contribution in [0.3, 0.4) is 0 Å². The SMILES string of the molecule is C[N+](C)(C)c1ccc(O)c(N)c1. The van der Waals surface area contributed by atoms with E-state index in [-0.39, 0.29) is 5.75 Å². The molecule has 0 amide bonds. The van der Waals surface area contributed by atoms with Gasteiger partial charge in [0.15, 0.2) is 0 Å². The number of nitrogens with zero attached hydrogens (tertiary/aromatic N) is 1. The quantitative estimate of drug-likeness (QED) is 0.374. The predicted octanol–water partition coefficient (Wildman–Crippen LogP) is 1.17. The minimum atomic E-state index is 0.146. The third kappa shape index (κ3) is 1.68. The minimum Gasteiger partial charge on any atom is -0.506 e. The average molecular weight is 167 g/mol. The fraction of sp³-hybridized carbons (Fsp3) is 0.333. The van der Waals surface area contributed by atoms with Crippen LogP contribution in [0.4, 0.5) is 11.4 Å². The zero-order chi connectivity index (χ0) is 9.35. The van der Waals surface area contributed by atoms with E-state index < -0.39 is 0 Å². The normalized spacial score (nSPS) is 11.6. The molecule has 0 aromatic heterocycles. The summed E-state index contributed by atoms with van der Waals surface area (Å²) in [5, 5.41) is 9.18. The van der Waals surface area contributed by atoms with Gasteiger partial charge in [-0.15, -0.1) is 0 Å². The molecule has 0 saturated carbocycles. The van der Waals surface area contributed by atoms with Crippen LogP contribution < -0.4 is 10.2 Å². The van der Waals surface area contributed by atoms with E-state index in [9.17, 15) is 5.11 Å². The molecule has 0 aliphatic rings. The zero-order valence-corrected chi connectivity index (χ0v) is 7.70. The molecular formula is C9H15N2O+. The Balaban J connectivity index is 3.14. The maximum atomic E-state index is 9.18. The molecule has 3 N–H and O–H groups in total. The lowest BCUT2D eigenvalue weighted by atomic mass is 10.2. The summed E-state index contributed by atoms with van der Waals surface area (Å²) in [4.78, 5) is 0. The van der Waals surface area contributed by atoms with Crippen LogP contribution in [-0.4, -0.2) is 26.2 Å². The molecule has 3 heteroatoms. The molecule has 1 aromatic carbocycles. The molecule has 0 fully saturated rings. The van der Waals surface area contributed by atoms with Crippen molar-refractivity contribution >= 4 is 11.4 Å². The Morgan fingerprint density at radius 1 is 1.25 bits per heavy atom. The number of rotatable bonds is 1. The van der Waals surface area contributed by atoms with Gasteiger partial charge in [-0.05, 0) is 6.07 Å². The largest absolute Gasteiger partial charge is 0.506 e. The summed E-state index contributed by atoms with van der Waals surface area (Å²) in [5.74, 6) is 0.146. The second-order valence-electron chi connectivity index (χ2n) is 3.76. The molecule has 0 atom stereocenters. The van der Waals surface area contributed by atoms with Gasteiger partial charge in [-0.25, -0.2) is 0 Å². The second-order valence-corrected chi connectivity index (χ2v) is 3.76. The van der Waals surface area contributed by atoms with Crippen molar-refractivity contribution in [2.75, 3.05) is 26.9 Å². The van der Waals surface area contributed by atoms with Crippen molar-refractivity contribution in [1.82, 2.24) is 4.48 Å². The highest BCUT2D eigenvalue weighted by Crippen LogP contribution is 2.26. The lowest BCUT2D eigenvalue weighted by Crippen LogP contribution is -2.34. The summed E-state index contributed by atoms with van der Waals surface area (Å²) in [6.07, 6.45) is 0. The van der Waals surface area contributed by atoms with Crippen LogP contribution in [-0.2, 0) is 0 Å². The summed E-state index contributed by atoms with van der Waals surface area (Å²) < 4.78 is 0.699. The standard InChI is InChI=1S/C9H14N2O/c1-11(2,3)7-4-5-9(12)8(10)6-7/h4-6H,10H2,1-3H3/p+1. The van der Waals surface area contributed by atoms with Gasteiger partial charge < -0.3 is 10.8 Å². The Kier molecular flexibility index (Phi) is 1.98. The van der Waals surface area contributed by atoms with Gasteiger partial charge in [0, 0.05) is 12.1 Å². The summed E-state index contributed by atoms with van der Waals surface area (Å²) in [7, 11) is 6.14. The molecule has 0 heterocycles. The summed E-state index contributed by atoms with van der Waals surface area (Å²) in [6, 6.07) is 5.27. The van der Waals surface area contributed by atoms with E-state index in [2.05, 4.69) is 0 Å². The van der Waals surface area contributed by atoms with E-state index >= 15 is 0 Å². The van der Waals surface area contributed by atoms with Crippen molar-refractivity contribution in [1.29, 1.82) is 0 Å². The maximum absolute atomic E-state index is 9.18. The van der Waals surface area contributed by atoms with Crippen LogP contribution in [0.25, 0.3) is 0 Å². The average Bonchev–Trinajstić information content (AvgIpc) is 1.92. The molecule has 0 spiro atoms. The Morgan fingerprint density at radius 3 is 2.25 bits per heavy atom. The van der Waals surface area contributed by atoms with Gasteiger partial charge in [-0.2, -0.15) is 0 Å². The van der Waals surface area contributed by atoms with Crippen LogP contribution in [0.2, 0.25) is 0 Å². The van der Waals surface area contributed by atoms with Crippen molar-refractivity contribution in [2.45, 2.75) is 0 Å². The molecule has 3 nitrogen and oxygen atoms in total. The van der Waals surface area contributed by atoms with E-state index in [1.54, 1.807) is 12.1 Å². The van der Waals surface area contributed by atoms with Gasteiger partial charge in [0.2, 0.25) is 0 Å². The predicted molar refractivity (Wildman–Crippen MR) is 52.1 cm³/mol. The Labute approximate surface area is 72.6 Å². The molecule has 1 aromatic rings.